The van der Waals surface area contributed by atoms with Gasteiger partial charge in [0, 0.05) is 120 Å². The van der Waals surface area contributed by atoms with Crippen LogP contribution in [0.4, 0.5) is 0 Å². The molecule has 3 aromatic carbocycles. The van der Waals surface area contributed by atoms with E-state index in [0.717, 1.165) is 126 Å². The number of benzene rings is 3. The molecule has 2 N–H and O–H groups in total. The number of hydrogen-bond donors (Lipinski definition) is 2. The molecule has 5 heterocycles. The molecule has 15 heteroatoms. The highest BCUT2D eigenvalue weighted by atomic mass is 32.1. The van der Waals surface area contributed by atoms with E-state index >= 15 is 0 Å². The van der Waals surface area contributed by atoms with Crippen LogP contribution in [0.25, 0.3) is 21.7 Å². The molecule has 3 aromatic heterocycles. The third-order valence-corrected chi connectivity index (χ3v) is 16.0. The van der Waals surface area contributed by atoms with E-state index in [9.17, 15) is 29.1 Å². The molecule has 0 radical (unpaired) electrons. The van der Waals surface area contributed by atoms with Gasteiger partial charge in [-0.1, -0.05) is 121 Å². The molecule has 3 amide bonds. The molecule has 2 fully saturated rings. The van der Waals surface area contributed by atoms with Crippen LogP contribution in [0.3, 0.4) is 0 Å². The van der Waals surface area contributed by atoms with Crippen LogP contribution in [0, 0.1) is 25.2 Å². The lowest BCUT2D eigenvalue weighted by Gasteiger charge is -2.34. The normalized spacial score (nSPS) is 16.0. The third-order valence-electron chi connectivity index (χ3n) is 15.1. The van der Waals surface area contributed by atoms with Gasteiger partial charge in [0.25, 0.3) is 0 Å². The summed E-state index contributed by atoms with van der Waals surface area (Å²) in [5.74, 6) is 0.160. The minimum Gasteiger partial charge on any atom is -0.391 e. The molecule has 0 aliphatic carbocycles. The minimum absolute atomic E-state index is 0.0828. The monoisotopic (exact) mass is 1090 g/mol. The maximum atomic E-state index is 13.6. The van der Waals surface area contributed by atoms with E-state index in [0.29, 0.717) is 32.2 Å². The summed E-state index contributed by atoms with van der Waals surface area (Å²) in [6, 6.07) is 27.2. The van der Waals surface area contributed by atoms with Crippen molar-refractivity contribution in [2.45, 2.75) is 144 Å². The Morgan fingerprint density at radius 3 is 2.19 bits per heavy atom. The van der Waals surface area contributed by atoms with Gasteiger partial charge in [0.15, 0.2) is 5.78 Å². The predicted molar refractivity (Wildman–Crippen MR) is 312 cm³/mol. The van der Waals surface area contributed by atoms with Crippen molar-refractivity contribution in [1.82, 2.24) is 40.0 Å². The number of piperazine rings is 1. The number of nitrogens with one attached hydrogen (secondary N) is 1. The molecule has 418 valence electrons. The van der Waals surface area contributed by atoms with Crippen molar-refractivity contribution < 1.29 is 29.1 Å². The number of Topliss-reactive ketones (excluding diaryl/α,β-unsaturated/α-hetero) is 2. The number of pyridine rings is 1. The number of β-amino-alcohol motifs (C(OH)–C–C–N with tert-alkyl or cyclic N) is 1. The molecule has 2 aliphatic rings. The lowest BCUT2D eigenvalue weighted by Crippen LogP contribution is -2.50. The van der Waals surface area contributed by atoms with Gasteiger partial charge < -0.3 is 20.2 Å². The largest absolute Gasteiger partial charge is 0.391 e. The van der Waals surface area contributed by atoms with E-state index in [1.54, 1.807) is 29.9 Å². The molecule has 2 aliphatic heterocycles. The molecule has 0 unspecified atom stereocenters. The number of nitrogens with zero attached hydrogens (tertiary/aromatic N) is 7. The average Bonchev–Trinajstić information content (AvgIpc) is 4.11. The highest BCUT2D eigenvalue weighted by Crippen LogP contribution is 2.34. The number of thiazole rings is 1. The first-order valence-electron chi connectivity index (χ1n) is 28.2. The van der Waals surface area contributed by atoms with Gasteiger partial charge in [0.2, 0.25) is 17.7 Å². The van der Waals surface area contributed by atoms with Crippen molar-refractivity contribution >= 4 is 40.6 Å². The number of likely N-dealkylation sites (tertiary alicyclic amines) is 1. The molecule has 0 saturated carbocycles. The van der Waals surface area contributed by atoms with E-state index in [1.165, 1.54) is 10.5 Å². The maximum Gasteiger partial charge on any atom is 0.243 e. The Morgan fingerprint density at radius 2 is 1.52 bits per heavy atom. The summed E-state index contributed by atoms with van der Waals surface area (Å²) in [6.45, 7) is 18.7. The van der Waals surface area contributed by atoms with Gasteiger partial charge in [-0.3, -0.25) is 33.9 Å². The Bertz CT molecular complexity index is 2970. The van der Waals surface area contributed by atoms with Crippen LogP contribution in [-0.2, 0) is 45.1 Å². The second-order valence-corrected chi connectivity index (χ2v) is 23.1. The quantitative estimate of drug-likeness (QED) is 0.0488. The van der Waals surface area contributed by atoms with Crippen molar-refractivity contribution in [1.29, 1.82) is 0 Å². The molecular formula is C64H80N8O6S. The fraction of sp³-hybridized carbons (Fsp3) is 0.453. The summed E-state index contributed by atoms with van der Waals surface area (Å²) in [5.41, 5.74) is 11.4. The number of unbranched alkanes of at least 4 members (excludes halogenated alkanes) is 3. The number of amides is 3. The first-order chi connectivity index (χ1) is 38.0. The van der Waals surface area contributed by atoms with Crippen molar-refractivity contribution in [2.75, 3.05) is 32.7 Å². The van der Waals surface area contributed by atoms with E-state index in [1.807, 2.05) is 98.8 Å². The summed E-state index contributed by atoms with van der Waals surface area (Å²) < 4.78 is 0. The average molecular weight is 1090 g/mol. The number of rotatable bonds is 22. The van der Waals surface area contributed by atoms with Crippen LogP contribution in [0.2, 0.25) is 0 Å². The molecule has 6 aromatic rings. The fourth-order valence-electron chi connectivity index (χ4n) is 10.2. The molecule has 0 spiro atoms. The van der Waals surface area contributed by atoms with Gasteiger partial charge in [-0.15, -0.1) is 11.3 Å². The van der Waals surface area contributed by atoms with Crippen molar-refractivity contribution in [3.8, 4) is 21.7 Å². The Balaban J connectivity index is 0.000000231. The van der Waals surface area contributed by atoms with Gasteiger partial charge in [0.05, 0.1) is 27.9 Å². The Labute approximate surface area is 471 Å². The van der Waals surface area contributed by atoms with Crippen LogP contribution in [0.1, 0.15) is 142 Å². The molecule has 14 nitrogen and oxygen atoms in total. The first kappa shape index (κ1) is 59.8. The SMILES string of the molecule is CCCCC(=O)N1CCN(Cc2ccc(C(=O)Cc3ccc(C)c(Cc4nccc(-c5cccnc5)n4)c3)cc2)CC1.CCCCCC(=O)C[C@H](C(=O)N1C[C@H](O)C[C@H]1C(=O)NCc1ccc(-c2scnc2C)cc1)C(C)(C)C. The minimum atomic E-state index is -0.762. The van der Waals surface area contributed by atoms with Crippen molar-refractivity contribution in [3.05, 3.63) is 154 Å². The number of aliphatic hydroxyl groups is 1. The summed E-state index contributed by atoms with van der Waals surface area (Å²) in [5, 5.41) is 13.3. The molecular weight excluding hydrogens is 1010 g/mol. The Kier molecular flexibility index (Phi) is 21.9. The zero-order chi connectivity index (χ0) is 56.5. The second kappa shape index (κ2) is 28.9. The van der Waals surface area contributed by atoms with Gasteiger partial charge in [-0.2, -0.15) is 0 Å². The molecule has 3 atom stereocenters. The number of aromatic nitrogens is 4. The highest BCUT2D eigenvalue weighted by Gasteiger charge is 2.44. The third kappa shape index (κ3) is 17.3. The first-order valence-corrected chi connectivity index (χ1v) is 29.1. The Morgan fingerprint density at radius 1 is 0.797 bits per heavy atom. The Hall–Kier alpha value is -6.81. The predicted octanol–water partition coefficient (Wildman–Crippen LogP) is 10.6. The second-order valence-electron chi connectivity index (χ2n) is 22.3. The number of hydrogen-bond acceptors (Lipinski definition) is 12. The topological polar surface area (TPSA) is 179 Å². The number of carbonyl (C=O) groups is 5. The van der Waals surface area contributed by atoms with E-state index < -0.39 is 23.5 Å². The number of ketones is 2. The molecule has 79 heavy (non-hydrogen) atoms. The lowest BCUT2D eigenvalue weighted by atomic mass is 9.76. The maximum absolute atomic E-state index is 13.6. The van der Waals surface area contributed by atoms with E-state index in [-0.39, 0.29) is 48.7 Å². The van der Waals surface area contributed by atoms with Gasteiger partial charge >= 0.3 is 0 Å². The molecule has 2 saturated heterocycles. The summed E-state index contributed by atoms with van der Waals surface area (Å²) in [6.07, 6.45) is 11.9. The van der Waals surface area contributed by atoms with Gasteiger partial charge in [-0.25, -0.2) is 15.0 Å². The number of carbonyl (C=O) groups excluding carboxylic acids is 5. The zero-order valence-electron chi connectivity index (χ0n) is 47.4. The van der Waals surface area contributed by atoms with Crippen LogP contribution < -0.4 is 5.32 Å². The molecule has 8 rings (SSSR count). The smallest absolute Gasteiger partial charge is 0.243 e. The fourth-order valence-corrected chi connectivity index (χ4v) is 11.0. The summed E-state index contributed by atoms with van der Waals surface area (Å²) in [4.78, 5) is 89.6. The van der Waals surface area contributed by atoms with Gasteiger partial charge in [0.1, 0.15) is 17.6 Å². The standard InChI is InChI=1S/C35H39N5O2.C29H41N3O4S/c1-3-4-7-35(42)40-19-17-39(18-20-40)25-27-10-12-29(13-11-27)33(41)22-28-9-8-26(2)31(21-28)23-34-37-16-14-32(38-34)30-6-5-15-36-24-30;1-6-7-8-9-22(33)14-24(29(3,4)5)28(36)32-17-23(34)15-25(32)27(35)30-16-20-10-12-21(13-11-20)26-19(2)31-18-37-26/h5-6,8-16,21,24H,3-4,7,17-20,22-23,25H2,1-2H3;10-13,18,23-25,34H,6-9,14-17H2,1-5H3,(H,30,35)/t;23-,24-,25+/m.1/s1. The van der Waals surface area contributed by atoms with Gasteiger partial charge in [-0.05, 0) is 83.7 Å². The summed E-state index contributed by atoms with van der Waals surface area (Å²) >= 11 is 1.60. The van der Waals surface area contributed by atoms with E-state index in [2.05, 4.69) is 70.2 Å². The van der Waals surface area contributed by atoms with Crippen molar-refractivity contribution in [3.63, 3.8) is 0 Å². The van der Waals surface area contributed by atoms with Crippen LogP contribution in [0.5, 0.6) is 0 Å². The van der Waals surface area contributed by atoms with Crippen LogP contribution >= 0.6 is 11.3 Å². The highest BCUT2D eigenvalue weighted by molar-refractivity contribution is 7.13. The number of aliphatic hydroxyl groups excluding tert-OH is 1. The van der Waals surface area contributed by atoms with Crippen LogP contribution in [-0.4, -0.2) is 114 Å². The molecule has 0 bridgehead atoms. The summed E-state index contributed by atoms with van der Waals surface area (Å²) in [7, 11) is 0. The lowest BCUT2D eigenvalue weighted by molar-refractivity contribution is -0.146. The zero-order valence-corrected chi connectivity index (χ0v) is 48.2. The number of aryl methyl sites for hydroxylation is 2. The van der Waals surface area contributed by atoms with Crippen molar-refractivity contribution in [2.24, 2.45) is 11.3 Å². The van der Waals surface area contributed by atoms with E-state index in [4.69, 9.17) is 4.98 Å². The van der Waals surface area contributed by atoms with Crippen LogP contribution in [0.15, 0.2) is 109 Å².